The second-order valence-corrected chi connectivity index (χ2v) is 3.38. The van der Waals surface area contributed by atoms with E-state index in [1.54, 1.807) is 0 Å². The Kier molecular flexibility index (Phi) is 1.23. The van der Waals surface area contributed by atoms with E-state index in [2.05, 4.69) is 4.74 Å². The van der Waals surface area contributed by atoms with E-state index in [9.17, 15) is 9.90 Å². The number of aliphatic carboxylic acids is 1. The minimum absolute atomic E-state index is 0.0362. The number of rotatable bonds is 3. The number of carboxylic acids is 1. The monoisotopic (exact) mass is 239 g/mol. The number of hydrogen-bond donors (Lipinski definition) is 1. The Balaban J connectivity index is 2.73. The molecular formula is C14H14O3. The largest absolute Gasteiger partial charge is 0.497 e. The van der Waals surface area contributed by atoms with Crippen LogP contribution in [0.5, 0.6) is 5.75 Å². The van der Waals surface area contributed by atoms with E-state index in [1.807, 2.05) is 0 Å². The lowest BCUT2D eigenvalue weighted by Gasteiger charge is -2.08. The molecule has 1 atom stereocenters. The number of hydrogen-bond acceptors (Lipinski definition) is 2. The molecule has 0 aromatic heterocycles. The van der Waals surface area contributed by atoms with Crippen LogP contribution in [0.4, 0.5) is 0 Å². The van der Waals surface area contributed by atoms with Gasteiger partial charge in [-0.25, -0.2) is 0 Å². The second kappa shape index (κ2) is 4.45. The fourth-order valence-electron chi connectivity index (χ4n) is 1.43. The lowest BCUT2D eigenvalue weighted by molar-refractivity contribution is -0.138. The van der Waals surface area contributed by atoms with Crippen molar-refractivity contribution in [2.24, 2.45) is 0 Å². The van der Waals surface area contributed by atoms with Crippen molar-refractivity contribution in [3.05, 3.63) is 41.9 Å². The highest BCUT2D eigenvalue weighted by Crippen LogP contribution is 2.25. The molecule has 0 spiro atoms. The van der Waals surface area contributed by atoms with E-state index in [4.69, 9.17) is 12.3 Å². The highest BCUT2D eigenvalue weighted by atomic mass is 16.5. The van der Waals surface area contributed by atoms with Gasteiger partial charge in [0.05, 0.1) is 21.2 Å². The summed E-state index contributed by atoms with van der Waals surface area (Å²) in [6.07, 6.45) is 0. The molecule has 1 N–H and O–H groups in total. The first-order valence-corrected chi connectivity index (χ1v) is 4.69. The van der Waals surface area contributed by atoms with Crippen LogP contribution in [0.1, 0.15) is 30.7 Å². The first-order valence-electron chi connectivity index (χ1n) is 9.19. The third-order valence-electron chi connectivity index (χ3n) is 2.28. The average molecular weight is 239 g/mol. The standard InChI is InChI=1S/C14H14O3/c1-9(14(15)16)10-3-4-12-8-13(17-2)6-5-11(12)7-10/h3-9H,1-2H3,(H,15,16)/i1D3,2D3,5D,6D,8D. The SMILES string of the molecule is [2H]c1c(OC([2H])([2H])[2H])c([2H])c2ccc(C(C(=O)O)C([2H])([2H])[2H])cc2c1[2H]. The Morgan fingerprint density at radius 1 is 1.47 bits per heavy atom. The summed E-state index contributed by atoms with van der Waals surface area (Å²) in [5.41, 5.74) is -0.109. The number of carbonyl (C=O) groups is 1. The number of fused-ring (bicyclic) bond motifs is 1. The second-order valence-electron chi connectivity index (χ2n) is 3.38. The van der Waals surface area contributed by atoms with Crippen molar-refractivity contribution in [1.29, 1.82) is 0 Å². The van der Waals surface area contributed by atoms with Crippen molar-refractivity contribution in [3.8, 4) is 5.75 Å². The van der Waals surface area contributed by atoms with Gasteiger partial charge in [0.1, 0.15) is 5.75 Å². The van der Waals surface area contributed by atoms with E-state index >= 15 is 0 Å². The number of ether oxygens (including phenoxy) is 1. The molecule has 0 radical (unpaired) electrons. The van der Waals surface area contributed by atoms with Gasteiger partial charge < -0.3 is 9.84 Å². The van der Waals surface area contributed by atoms with Crippen LogP contribution in [0.25, 0.3) is 10.8 Å². The summed E-state index contributed by atoms with van der Waals surface area (Å²) >= 11 is 0. The lowest BCUT2D eigenvalue weighted by Crippen LogP contribution is -2.06. The summed E-state index contributed by atoms with van der Waals surface area (Å²) in [7, 11) is -2.92. The van der Waals surface area contributed by atoms with Crippen molar-refractivity contribution in [2.45, 2.75) is 12.8 Å². The van der Waals surface area contributed by atoms with Crippen molar-refractivity contribution in [3.63, 3.8) is 0 Å². The van der Waals surface area contributed by atoms with Gasteiger partial charge in [0.15, 0.2) is 0 Å². The van der Waals surface area contributed by atoms with Gasteiger partial charge in [0, 0.05) is 4.11 Å². The maximum absolute atomic E-state index is 11.3. The zero-order valence-electron chi connectivity index (χ0n) is 17.6. The molecule has 0 aliphatic rings. The van der Waals surface area contributed by atoms with Gasteiger partial charge in [0.25, 0.3) is 0 Å². The molecule has 17 heavy (non-hydrogen) atoms. The third-order valence-corrected chi connectivity index (χ3v) is 2.28. The van der Waals surface area contributed by atoms with Crippen LogP contribution in [0.3, 0.4) is 0 Å². The number of benzene rings is 2. The Bertz CT molecular complexity index is 871. The van der Waals surface area contributed by atoms with Crippen LogP contribution in [0, 0.1) is 0 Å². The van der Waals surface area contributed by atoms with Gasteiger partial charge in [0.2, 0.25) is 0 Å². The Hall–Kier alpha value is -2.03. The van der Waals surface area contributed by atoms with Gasteiger partial charge in [-0.3, -0.25) is 4.79 Å². The summed E-state index contributed by atoms with van der Waals surface area (Å²) in [4.78, 5) is 11.3. The van der Waals surface area contributed by atoms with Crippen LogP contribution in [0.2, 0.25) is 0 Å². The van der Waals surface area contributed by atoms with E-state index in [0.29, 0.717) is 0 Å². The van der Waals surface area contributed by atoms with Crippen LogP contribution in [0.15, 0.2) is 36.3 Å². The Morgan fingerprint density at radius 3 is 3.06 bits per heavy atom. The molecule has 2 rings (SSSR count). The molecule has 0 fully saturated rings. The summed E-state index contributed by atoms with van der Waals surface area (Å²) in [6, 6.07) is 1.93. The van der Waals surface area contributed by atoms with Gasteiger partial charge in [-0.1, -0.05) is 24.2 Å². The summed E-state index contributed by atoms with van der Waals surface area (Å²) < 4.78 is 72.0. The van der Waals surface area contributed by atoms with Crippen LogP contribution in [-0.4, -0.2) is 18.1 Å². The molecule has 0 bridgehead atoms. The molecule has 0 aliphatic heterocycles. The van der Waals surface area contributed by atoms with E-state index in [-0.39, 0.29) is 16.3 Å². The van der Waals surface area contributed by atoms with Crippen molar-refractivity contribution in [1.82, 2.24) is 0 Å². The van der Waals surface area contributed by atoms with Crippen LogP contribution >= 0.6 is 0 Å². The normalized spacial score (nSPS) is 21.5. The van der Waals surface area contributed by atoms with E-state index < -0.39 is 49.7 Å². The maximum atomic E-state index is 11.3. The van der Waals surface area contributed by atoms with Gasteiger partial charge >= 0.3 is 5.97 Å². The predicted molar refractivity (Wildman–Crippen MR) is 66.6 cm³/mol. The summed E-state index contributed by atoms with van der Waals surface area (Å²) in [6.45, 7) is -2.83. The van der Waals surface area contributed by atoms with E-state index in [0.717, 1.165) is 6.07 Å². The predicted octanol–water partition coefficient (Wildman–Crippen LogP) is 3.04. The minimum atomic E-state index is -2.92. The minimum Gasteiger partial charge on any atom is -0.497 e. The van der Waals surface area contributed by atoms with Crippen LogP contribution < -0.4 is 4.74 Å². The maximum Gasteiger partial charge on any atom is 0.310 e. The third kappa shape index (κ3) is 2.23. The molecule has 0 amide bonds. The summed E-state index contributed by atoms with van der Waals surface area (Å²) in [5, 5.41) is 9.23. The highest BCUT2D eigenvalue weighted by Gasteiger charge is 2.13. The smallest absolute Gasteiger partial charge is 0.310 e. The zero-order valence-corrected chi connectivity index (χ0v) is 8.57. The quantitative estimate of drug-likeness (QED) is 0.895. The molecule has 88 valence electrons. The summed E-state index contributed by atoms with van der Waals surface area (Å²) in [5.74, 6) is -4.01. The van der Waals surface area contributed by atoms with Gasteiger partial charge in [-0.15, -0.1) is 0 Å². The zero-order chi connectivity index (χ0) is 20.0. The molecule has 3 heteroatoms. The molecule has 1 unspecified atom stereocenters. The van der Waals surface area contributed by atoms with Gasteiger partial charge in [-0.2, -0.15) is 0 Å². The number of methoxy groups -OCH3 is 1. The van der Waals surface area contributed by atoms with Crippen LogP contribution in [-0.2, 0) is 4.79 Å². The van der Waals surface area contributed by atoms with Crippen molar-refractivity contribution >= 4 is 16.7 Å². The Morgan fingerprint density at radius 2 is 2.35 bits per heavy atom. The molecule has 2 aromatic rings. The molecule has 2 aromatic carbocycles. The van der Waals surface area contributed by atoms with Crippen molar-refractivity contribution in [2.75, 3.05) is 7.04 Å². The fourth-order valence-corrected chi connectivity index (χ4v) is 1.43. The molecular weight excluding hydrogens is 216 g/mol. The van der Waals surface area contributed by atoms with Crippen molar-refractivity contribution < 1.29 is 27.0 Å². The lowest BCUT2D eigenvalue weighted by atomic mass is 9.98. The van der Waals surface area contributed by atoms with E-state index in [1.165, 1.54) is 12.1 Å². The molecule has 0 aliphatic carbocycles. The first kappa shape index (κ1) is 4.69. The molecule has 0 saturated carbocycles. The molecule has 3 nitrogen and oxygen atoms in total. The topological polar surface area (TPSA) is 46.5 Å². The number of carboxylic acid groups (broad SMARTS) is 1. The molecule has 0 saturated heterocycles. The fraction of sp³-hybridized carbons (Fsp3) is 0.214. The van der Waals surface area contributed by atoms with Gasteiger partial charge in [-0.05, 0) is 35.3 Å². The first-order chi connectivity index (χ1) is 11.7. The average Bonchev–Trinajstić information content (AvgIpc) is 2.46. The highest BCUT2D eigenvalue weighted by molar-refractivity contribution is 5.86. The molecule has 0 heterocycles. The Labute approximate surface area is 112 Å².